The van der Waals surface area contributed by atoms with Crippen molar-refractivity contribution in [2.45, 2.75) is 19.0 Å². The molecule has 0 saturated carbocycles. The van der Waals surface area contributed by atoms with Crippen molar-refractivity contribution in [3.05, 3.63) is 84.4 Å². The van der Waals surface area contributed by atoms with Crippen molar-refractivity contribution in [3.8, 4) is 11.1 Å². The molecule has 2 heterocycles. The van der Waals surface area contributed by atoms with Gasteiger partial charge in [0, 0.05) is 50.2 Å². The molecule has 1 aromatic heterocycles. The fourth-order valence-electron chi connectivity index (χ4n) is 3.82. The average molecular weight is 358 g/mol. The van der Waals surface area contributed by atoms with Gasteiger partial charge < -0.3 is 4.90 Å². The van der Waals surface area contributed by atoms with Crippen LogP contribution in [0.25, 0.3) is 11.1 Å². The van der Waals surface area contributed by atoms with E-state index < -0.39 is 0 Å². The molecule has 1 saturated heterocycles. The van der Waals surface area contributed by atoms with Crippen LogP contribution in [0.1, 0.15) is 11.1 Å². The van der Waals surface area contributed by atoms with Crippen molar-refractivity contribution in [3.63, 3.8) is 0 Å². The topological polar surface area (TPSA) is 32.3 Å². The zero-order valence-electron chi connectivity index (χ0n) is 15.8. The minimum absolute atomic E-state index is 0.562. The summed E-state index contributed by atoms with van der Waals surface area (Å²) in [5, 5.41) is 0. The number of aromatic nitrogens is 2. The Bertz CT molecular complexity index is 851. The first-order valence-electron chi connectivity index (χ1n) is 9.59. The van der Waals surface area contributed by atoms with Gasteiger partial charge in [-0.2, -0.15) is 0 Å². The van der Waals surface area contributed by atoms with Gasteiger partial charge in [0.25, 0.3) is 0 Å². The lowest BCUT2D eigenvalue weighted by molar-refractivity contribution is 0.0905. The highest BCUT2D eigenvalue weighted by Gasteiger charge is 2.24. The summed E-state index contributed by atoms with van der Waals surface area (Å²) < 4.78 is 0. The summed E-state index contributed by atoms with van der Waals surface area (Å²) >= 11 is 0. The molecule has 138 valence electrons. The normalized spacial score (nSPS) is 18.5. The molecular formula is C23H26N4. The van der Waals surface area contributed by atoms with Crippen molar-refractivity contribution < 1.29 is 0 Å². The summed E-state index contributed by atoms with van der Waals surface area (Å²) in [4.78, 5) is 13.4. The van der Waals surface area contributed by atoms with Gasteiger partial charge in [-0.25, -0.2) is 9.97 Å². The Morgan fingerprint density at radius 3 is 2.48 bits per heavy atom. The molecular weight excluding hydrogens is 332 g/mol. The van der Waals surface area contributed by atoms with E-state index in [1.54, 1.807) is 6.33 Å². The van der Waals surface area contributed by atoms with E-state index in [0.717, 1.165) is 38.2 Å². The molecule has 4 rings (SSSR count). The van der Waals surface area contributed by atoms with E-state index in [9.17, 15) is 0 Å². The molecule has 2 aromatic carbocycles. The van der Waals surface area contributed by atoms with Gasteiger partial charge in [0.05, 0.1) is 0 Å². The second-order valence-corrected chi connectivity index (χ2v) is 7.39. The number of hydrogen-bond acceptors (Lipinski definition) is 4. The zero-order chi connectivity index (χ0) is 18.5. The lowest BCUT2D eigenvalue weighted by Gasteiger charge is -2.39. The van der Waals surface area contributed by atoms with E-state index in [-0.39, 0.29) is 0 Å². The van der Waals surface area contributed by atoms with E-state index in [0.29, 0.717) is 6.04 Å². The van der Waals surface area contributed by atoms with Crippen LogP contribution in [0.15, 0.2) is 73.3 Å². The number of benzene rings is 2. The lowest BCUT2D eigenvalue weighted by Crippen LogP contribution is -2.51. The summed E-state index contributed by atoms with van der Waals surface area (Å²) in [7, 11) is 2.25. The molecule has 1 aliphatic rings. The Balaban J connectivity index is 1.43. The molecule has 4 nitrogen and oxygen atoms in total. The fourth-order valence-corrected chi connectivity index (χ4v) is 3.82. The summed E-state index contributed by atoms with van der Waals surface area (Å²) in [5.74, 6) is 0. The second-order valence-electron chi connectivity index (χ2n) is 7.39. The van der Waals surface area contributed by atoms with Crippen molar-refractivity contribution in [2.24, 2.45) is 0 Å². The Morgan fingerprint density at radius 1 is 0.889 bits per heavy atom. The first-order valence-corrected chi connectivity index (χ1v) is 9.59. The van der Waals surface area contributed by atoms with E-state index in [4.69, 9.17) is 0 Å². The minimum Gasteiger partial charge on any atom is -0.301 e. The third-order valence-electron chi connectivity index (χ3n) is 5.40. The maximum atomic E-state index is 4.14. The summed E-state index contributed by atoms with van der Waals surface area (Å²) in [5.41, 5.74) is 5.02. The van der Waals surface area contributed by atoms with Crippen LogP contribution >= 0.6 is 0 Å². The number of nitrogens with zero attached hydrogens (tertiary/aromatic N) is 4. The predicted octanol–water partition coefficient (Wildman–Crippen LogP) is 3.50. The molecule has 27 heavy (non-hydrogen) atoms. The summed E-state index contributed by atoms with van der Waals surface area (Å²) in [6, 6.07) is 20.1. The van der Waals surface area contributed by atoms with Crippen LogP contribution in [0.5, 0.6) is 0 Å². The molecule has 4 heteroatoms. The van der Waals surface area contributed by atoms with Crippen LogP contribution in [0.2, 0.25) is 0 Å². The largest absolute Gasteiger partial charge is 0.301 e. The fraction of sp³-hybridized carbons (Fsp3) is 0.304. The Morgan fingerprint density at radius 2 is 1.67 bits per heavy atom. The SMILES string of the molecule is CN1CCN(Cc2cccc(-c3cncnc3)c2)CC1Cc1ccccc1. The van der Waals surface area contributed by atoms with Crippen LogP contribution in [-0.4, -0.2) is 52.5 Å². The molecule has 1 fully saturated rings. The predicted molar refractivity (Wildman–Crippen MR) is 109 cm³/mol. The summed E-state index contributed by atoms with van der Waals surface area (Å²) in [6.07, 6.45) is 6.43. The Hall–Kier alpha value is -2.56. The molecule has 0 aliphatic carbocycles. The van der Waals surface area contributed by atoms with E-state index in [1.165, 1.54) is 16.7 Å². The van der Waals surface area contributed by atoms with E-state index >= 15 is 0 Å². The lowest BCUT2D eigenvalue weighted by atomic mass is 10.0. The first kappa shape index (κ1) is 17.8. The minimum atomic E-state index is 0.562. The molecule has 0 bridgehead atoms. The number of likely N-dealkylation sites (N-methyl/N-ethyl adjacent to an activating group) is 1. The van der Waals surface area contributed by atoms with Gasteiger partial charge in [-0.15, -0.1) is 0 Å². The monoisotopic (exact) mass is 358 g/mol. The number of piperazine rings is 1. The smallest absolute Gasteiger partial charge is 0.115 e. The molecule has 0 amide bonds. The van der Waals surface area contributed by atoms with Crippen molar-refractivity contribution in [1.29, 1.82) is 0 Å². The van der Waals surface area contributed by atoms with Gasteiger partial charge in [0.15, 0.2) is 0 Å². The van der Waals surface area contributed by atoms with Crippen LogP contribution in [-0.2, 0) is 13.0 Å². The third-order valence-corrected chi connectivity index (χ3v) is 5.40. The van der Waals surface area contributed by atoms with Crippen LogP contribution in [0.4, 0.5) is 0 Å². The quantitative estimate of drug-likeness (QED) is 0.699. The summed E-state index contributed by atoms with van der Waals surface area (Å²) in [6.45, 7) is 4.31. The Labute approximate surface area is 161 Å². The highest BCUT2D eigenvalue weighted by molar-refractivity contribution is 5.62. The molecule has 3 aromatic rings. The highest BCUT2D eigenvalue weighted by atomic mass is 15.3. The number of rotatable bonds is 5. The highest BCUT2D eigenvalue weighted by Crippen LogP contribution is 2.21. The van der Waals surface area contributed by atoms with Crippen molar-refractivity contribution >= 4 is 0 Å². The van der Waals surface area contributed by atoms with Gasteiger partial charge >= 0.3 is 0 Å². The first-order chi connectivity index (χ1) is 13.3. The molecule has 1 atom stereocenters. The van der Waals surface area contributed by atoms with E-state index in [2.05, 4.69) is 81.4 Å². The van der Waals surface area contributed by atoms with Crippen molar-refractivity contribution in [2.75, 3.05) is 26.7 Å². The van der Waals surface area contributed by atoms with Gasteiger partial charge in [0.2, 0.25) is 0 Å². The Kier molecular flexibility index (Phi) is 5.56. The molecule has 0 radical (unpaired) electrons. The molecule has 1 aliphatic heterocycles. The molecule has 0 spiro atoms. The van der Waals surface area contributed by atoms with Gasteiger partial charge in [-0.3, -0.25) is 4.90 Å². The van der Waals surface area contributed by atoms with Crippen LogP contribution < -0.4 is 0 Å². The van der Waals surface area contributed by atoms with Crippen LogP contribution in [0.3, 0.4) is 0 Å². The van der Waals surface area contributed by atoms with Gasteiger partial charge in [0.1, 0.15) is 6.33 Å². The van der Waals surface area contributed by atoms with E-state index in [1.807, 2.05) is 12.4 Å². The molecule has 0 N–H and O–H groups in total. The molecule has 1 unspecified atom stereocenters. The van der Waals surface area contributed by atoms with Gasteiger partial charge in [-0.1, -0.05) is 48.5 Å². The number of hydrogen-bond donors (Lipinski definition) is 0. The maximum Gasteiger partial charge on any atom is 0.115 e. The van der Waals surface area contributed by atoms with Crippen molar-refractivity contribution in [1.82, 2.24) is 19.8 Å². The standard InChI is InChI=1S/C23H26N4/c1-26-10-11-27(17-23(26)13-19-6-3-2-4-7-19)16-20-8-5-9-21(12-20)22-14-24-18-25-15-22/h2-9,12,14-15,18,23H,10-11,13,16-17H2,1H3. The second kappa shape index (κ2) is 8.42. The average Bonchev–Trinajstić information content (AvgIpc) is 2.72. The van der Waals surface area contributed by atoms with Gasteiger partial charge in [-0.05, 0) is 36.2 Å². The van der Waals surface area contributed by atoms with Crippen LogP contribution in [0, 0.1) is 0 Å². The third kappa shape index (κ3) is 4.59. The maximum absolute atomic E-state index is 4.14. The zero-order valence-corrected chi connectivity index (χ0v) is 15.8.